The average Bonchev–Trinajstić information content (AvgIpc) is 3.26. The van der Waals surface area contributed by atoms with Gasteiger partial charge in [-0.25, -0.2) is 8.42 Å². The van der Waals surface area contributed by atoms with E-state index >= 15 is 0 Å². The van der Waals surface area contributed by atoms with Crippen LogP contribution in [0.1, 0.15) is 19.8 Å². The third-order valence-electron chi connectivity index (χ3n) is 4.66. The molecule has 1 amide bonds. The van der Waals surface area contributed by atoms with E-state index in [0.29, 0.717) is 24.5 Å². The summed E-state index contributed by atoms with van der Waals surface area (Å²) in [6.45, 7) is 3.21. The van der Waals surface area contributed by atoms with E-state index in [1.165, 1.54) is 4.31 Å². The molecule has 0 aromatic heterocycles. The molecule has 1 aliphatic heterocycles. The van der Waals surface area contributed by atoms with Crippen LogP contribution in [0.4, 0.5) is 5.69 Å². The maximum Gasteiger partial charge on any atom is 0.264 e. The number of rotatable bonds is 9. The highest BCUT2D eigenvalue weighted by molar-refractivity contribution is 7.92. The van der Waals surface area contributed by atoms with Crippen molar-refractivity contribution in [2.45, 2.75) is 30.8 Å². The zero-order chi connectivity index (χ0) is 20.7. The molecule has 1 atom stereocenters. The lowest BCUT2D eigenvalue weighted by Gasteiger charge is -2.23. The highest BCUT2D eigenvalue weighted by Crippen LogP contribution is 2.25. The number of anilines is 1. The minimum absolute atomic E-state index is 0.0878. The van der Waals surface area contributed by atoms with Crippen LogP contribution in [0.25, 0.3) is 0 Å². The molecule has 7 nitrogen and oxygen atoms in total. The molecular weight excluding hydrogens is 392 g/mol. The molecule has 0 unspecified atom stereocenters. The van der Waals surface area contributed by atoms with Crippen molar-refractivity contribution in [3.63, 3.8) is 0 Å². The molecule has 0 radical (unpaired) electrons. The first-order valence-electron chi connectivity index (χ1n) is 9.69. The molecule has 1 N–H and O–H groups in total. The number of carbonyl (C=O) groups excluding carboxylic acids is 1. The smallest absolute Gasteiger partial charge is 0.264 e. The van der Waals surface area contributed by atoms with E-state index in [9.17, 15) is 13.2 Å². The summed E-state index contributed by atoms with van der Waals surface area (Å²) in [4.78, 5) is 12.1. The normalized spacial score (nSPS) is 16.4. The first-order chi connectivity index (χ1) is 14.0. The fraction of sp³-hybridized carbons (Fsp3) is 0.381. The van der Waals surface area contributed by atoms with Gasteiger partial charge in [0.2, 0.25) is 0 Å². The van der Waals surface area contributed by atoms with Crippen molar-refractivity contribution in [1.29, 1.82) is 0 Å². The van der Waals surface area contributed by atoms with Crippen LogP contribution in [-0.4, -0.2) is 46.7 Å². The Hall–Kier alpha value is -2.58. The topological polar surface area (TPSA) is 84.9 Å². The molecule has 1 saturated heterocycles. The van der Waals surface area contributed by atoms with Gasteiger partial charge in [0.05, 0.1) is 16.7 Å². The molecule has 3 rings (SSSR count). The molecule has 0 aliphatic carbocycles. The molecule has 0 saturated carbocycles. The molecule has 1 fully saturated rings. The largest absolute Gasteiger partial charge is 0.484 e. The van der Waals surface area contributed by atoms with Crippen molar-refractivity contribution in [1.82, 2.24) is 5.32 Å². The number of hydrogen-bond donors (Lipinski definition) is 1. The number of hydrogen-bond acceptors (Lipinski definition) is 5. The Morgan fingerprint density at radius 2 is 1.90 bits per heavy atom. The van der Waals surface area contributed by atoms with Crippen LogP contribution in [0.15, 0.2) is 59.5 Å². The van der Waals surface area contributed by atoms with Crippen molar-refractivity contribution in [2.75, 3.05) is 30.6 Å². The lowest BCUT2D eigenvalue weighted by molar-refractivity contribution is -0.123. The number of nitrogens with zero attached hydrogens (tertiary/aromatic N) is 1. The summed E-state index contributed by atoms with van der Waals surface area (Å²) in [5, 5.41) is 2.80. The number of amides is 1. The van der Waals surface area contributed by atoms with Gasteiger partial charge in [-0.05, 0) is 56.2 Å². The number of benzene rings is 2. The van der Waals surface area contributed by atoms with Crippen LogP contribution < -0.4 is 14.4 Å². The maximum atomic E-state index is 12.9. The number of carbonyl (C=O) groups is 1. The Kier molecular flexibility index (Phi) is 7.11. The SMILES string of the molecule is CCN(c1ccc(OCC(=O)NC[C@@H]2CCCO2)cc1)S(=O)(=O)c1ccccc1. The van der Waals surface area contributed by atoms with Gasteiger partial charge < -0.3 is 14.8 Å². The van der Waals surface area contributed by atoms with Crippen LogP contribution in [0, 0.1) is 0 Å². The predicted octanol–water partition coefficient (Wildman–Crippen LogP) is 2.58. The van der Waals surface area contributed by atoms with Gasteiger partial charge in [-0.2, -0.15) is 0 Å². The predicted molar refractivity (Wildman–Crippen MR) is 111 cm³/mol. The molecule has 2 aromatic carbocycles. The van der Waals surface area contributed by atoms with Crippen LogP contribution in [0.2, 0.25) is 0 Å². The Balaban J connectivity index is 1.57. The van der Waals surface area contributed by atoms with E-state index in [-0.39, 0.29) is 23.5 Å². The summed E-state index contributed by atoms with van der Waals surface area (Å²) in [5.41, 5.74) is 0.534. The van der Waals surface area contributed by atoms with E-state index in [1.807, 2.05) is 0 Å². The molecule has 1 heterocycles. The van der Waals surface area contributed by atoms with Gasteiger partial charge in [-0.15, -0.1) is 0 Å². The van der Waals surface area contributed by atoms with Crippen molar-refractivity contribution in [3.8, 4) is 5.75 Å². The second-order valence-corrected chi connectivity index (χ2v) is 8.57. The second kappa shape index (κ2) is 9.76. The van der Waals surface area contributed by atoms with Crippen LogP contribution in [0.5, 0.6) is 5.75 Å². The van der Waals surface area contributed by atoms with Crippen LogP contribution in [-0.2, 0) is 19.6 Å². The summed E-state index contributed by atoms with van der Waals surface area (Å²) in [6, 6.07) is 15.0. The summed E-state index contributed by atoms with van der Waals surface area (Å²) in [7, 11) is -3.64. The van der Waals surface area contributed by atoms with Crippen molar-refractivity contribution >= 4 is 21.6 Å². The first kappa shape index (κ1) is 21.1. The van der Waals surface area contributed by atoms with Crippen LogP contribution in [0.3, 0.4) is 0 Å². The zero-order valence-electron chi connectivity index (χ0n) is 16.4. The minimum atomic E-state index is -3.64. The van der Waals surface area contributed by atoms with Gasteiger partial charge in [-0.1, -0.05) is 18.2 Å². The Morgan fingerprint density at radius 1 is 1.17 bits per heavy atom. The quantitative estimate of drug-likeness (QED) is 0.677. The van der Waals surface area contributed by atoms with E-state index in [4.69, 9.17) is 9.47 Å². The van der Waals surface area contributed by atoms with E-state index < -0.39 is 10.0 Å². The summed E-state index contributed by atoms with van der Waals surface area (Å²) in [5.74, 6) is 0.278. The molecule has 0 bridgehead atoms. The van der Waals surface area contributed by atoms with Gasteiger partial charge in [0.1, 0.15) is 5.75 Å². The lowest BCUT2D eigenvalue weighted by Crippen LogP contribution is -2.35. The molecule has 156 valence electrons. The minimum Gasteiger partial charge on any atom is -0.484 e. The average molecular weight is 419 g/mol. The Labute approximate surface area is 171 Å². The van der Waals surface area contributed by atoms with Gasteiger partial charge in [0, 0.05) is 19.7 Å². The zero-order valence-corrected chi connectivity index (χ0v) is 17.2. The highest BCUT2D eigenvalue weighted by atomic mass is 32.2. The molecule has 29 heavy (non-hydrogen) atoms. The third kappa shape index (κ3) is 5.48. The molecule has 0 spiro atoms. The van der Waals surface area contributed by atoms with Gasteiger partial charge >= 0.3 is 0 Å². The molecule has 1 aliphatic rings. The third-order valence-corrected chi connectivity index (χ3v) is 6.58. The number of ether oxygens (including phenoxy) is 2. The molecule has 2 aromatic rings. The Bertz CT molecular complexity index is 894. The van der Waals surface area contributed by atoms with E-state index in [0.717, 1.165) is 19.4 Å². The fourth-order valence-electron chi connectivity index (χ4n) is 3.15. The van der Waals surface area contributed by atoms with Crippen LogP contribution >= 0.6 is 0 Å². The Morgan fingerprint density at radius 3 is 2.52 bits per heavy atom. The van der Waals surface area contributed by atoms with Crippen molar-refractivity contribution in [3.05, 3.63) is 54.6 Å². The highest BCUT2D eigenvalue weighted by Gasteiger charge is 2.23. The standard InChI is InChI=1S/C21H26N2O5S/c1-2-23(29(25,26)20-8-4-3-5-9-20)17-10-12-18(13-11-17)28-16-21(24)22-15-19-7-6-14-27-19/h3-5,8-13,19H,2,6-7,14-16H2,1H3,(H,22,24)/t19-/m0/s1. The maximum absolute atomic E-state index is 12.9. The van der Waals surface area contributed by atoms with Crippen molar-refractivity contribution in [2.24, 2.45) is 0 Å². The summed E-state index contributed by atoms with van der Waals surface area (Å²) >= 11 is 0. The van der Waals surface area contributed by atoms with Gasteiger partial charge in [-0.3, -0.25) is 9.10 Å². The van der Waals surface area contributed by atoms with Crippen molar-refractivity contribution < 1.29 is 22.7 Å². The van der Waals surface area contributed by atoms with Gasteiger partial charge in [0.25, 0.3) is 15.9 Å². The fourth-order valence-corrected chi connectivity index (χ4v) is 4.65. The van der Waals surface area contributed by atoms with E-state index in [1.54, 1.807) is 61.5 Å². The molecule has 8 heteroatoms. The lowest BCUT2D eigenvalue weighted by atomic mass is 10.2. The van der Waals surface area contributed by atoms with Gasteiger partial charge in [0.15, 0.2) is 6.61 Å². The second-order valence-electron chi connectivity index (χ2n) is 6.70. The number of nitrogens with one attached hydrogen (secondary N) is 1. The summed E-state index contributed by atoms with van der Waals surface area (Å²) < 4.78 is 38.0. The summed E-state index contributed by atoms with van der Waals surface area (Å²) in [6.07, 6.45) is 2.07. The molecular formula is C21H26N2O5S. The first-order valence-corrected chi connectivity index (χ1v) is 11.1. The van der Waals surface area contributed by atoms with E-state index in [2.05, 4.69) is 5.32 Å². The monoisotopic (exact) mass is 418 g/mol. The number of sulfonamides is 1.